The molecule has 8 nitrogen and oxygen atoms in total. The van der Waals surface area contributed by atoms with Crippen LogP contribution in [0.4, 0.5) is 10.8 Å². The van der Waals surface area contributed by atoms with Gasteiger partial charge in [0.2, 0.25) is 0 Å². The summed E-state index contributed by atoms with van der Waals surface area (Å²) in [5, 5.41) is 4.75. The number of nitrogens with one attached hydrogen (secondary N) is 2. The van der Waals surface area contributed by atoms with Crippen LogP contribution in [-0.4, -0.2) is 31.9 Å². The van der Waals surface area contributed by atoms with Crippen molar-refractivity contribution in [3.63, 3.8) is 0 Å². The van der Waals surface area contributed by atoms with Crippen molar-refractivity contribution in [2.45, 2.75) is 11.8 Å². The zero-order chi connectivity index (χ0) is 21.7. The summed E-state index contributed by atoms with van der Waals surface area (Å²) in [7, 11) is -3.78. The molecule has 0 unspecified atom stereocenters. The van der Waals surface area contributed by atoms with Crippen LogP contribution in [0.25, 0.3) is 0 Å². The largest absolute Gasteiger partial charge is 0.461 e. The predicted molar refractivity (Wildman–Crippen MR) is 115 cm³/mol. The highest BCUT2D eigenvalue weighted by Crippen LogP contribution is 2.20. The molecule has 3 rings (SSSR count). The van der Waals surface area contributed by atoms with Gasteiger partial charge in [-0.25, -0.2) is 18.2 Å². The number of nitrogens with zero attached hydrogens (tertiary/aromatic N) is 1. The van der Waals surface area contributed by atoms with Crippen molar-refractivity contribution in [3.05, 3.63) is 70.2 Å². The fourth-order valence-electron chi connectivity index (χ4n) is 2.32. The Morgan fingerprint density at radius 1 is 1.10 bits per heavy atom. The lowest BCUT2D eigenvalue weighted by Gasteiger charge is -2.09. The molecule has 2 aromatic carbocycles. The number of carbonyl (C=O) groups is 2. The summed E-state index contributed by atoms with van der Waals surface area (Å²) in [6, 6.07) is 11.6. The third kappa shape index (κ3) is 5.35. The highest BCUT2D eigenvalue weighted by Gasteiger charge is 2.16. The van der Waals surface area contributed by atoms with Crippen molar-refractivity contribution in [2.24, 2.45) is 0 Å². The van der Waals surface area contributed by atoms with Crippen LogP contribution in [0.5, 0.6) is 0 Å². The van der Waals surface area contributed by atoms with Crippen molar-refractivity contribution in [3.8, 4) is 0 Å². The van der Waals surface area contributed by atoms with Crippen molar-refractivity contribution >= 4 is 55.7 Å². The first-order chi connectivity index (χ1) is 14.3. The number of esters is 1. The van der Waals surface area contributed by atoms with E-state index in [9.17, 15) is 18.0 Å². The van der Waals surface area contributed by atoms with Crippen molar-refractivity contribution in [1.29, 1.82) is 0 Å². The zero-order valence-corrected chi connectivity index (χ0v) is 18.0. The lowest BCUT2D eigenvalue weighted by atomic mass is 10.2. The first-order valence-electron chi connectivity index (χ1n) is 8.61. The van der Waals surface area contributed by atoms with Crippen LogP contribution in [0, 0.1) is 0 Å². The van der Waals surface area contributed by atoms with Crippen LogP contribution in [0.2, 0.25) is 5.02 Å². The molecule has 0 fully saturated rings. The quantitative estimate of drug-likeness (QED) is 0.509. The van der Waals surface area contributed by atoms with Gasteiger partial charge in [0.1, 0.15) is 0 Å². The van der Waals surface area contributed by atoms with Gasteiger partial charge in [-0.05, 0) is 55.5 Å². The number of halogens is 1. The third-order valence-corrected chi connectivity index (χ3v) is 6.14. The number of rotatable bonds is 7. The smallest absolute Gasteiger partial charge is 0.357 e. The molecular formula is C19H16ClN3O5S2. The number of benzene rings is 2. The number of anilines is 2. The van der Waals surface area contributed by atoms with Gasteiger partial charge in [-0.1, -0.05) is 11.6 Å². The van der Waals surface area contributed by atoms with Crippen molar-refractivity contribution < 1.29 is 22.7 Å². The summed E-state index contributed by atoms with van der Waals surface area (Å²) in [5.74, 6) is -1.02. The lowest BCUT2D eigenvalue weighted by molar-refractivity contribution is 0.0520. The Balaban J connectivity index is 1.66. The molecule has 11 heteroatoms. The Morgan fingerprint density at radius 3 is 2.40 bits per heavy atom. The topological polar surface area (TPSA) is 114 Å². The third-order valence-electron chi connectivity index (χ3n) is 3.73. The number of carbonyl (C=O) groups excluding carboxylic acids is 2. The number of hydrogen-bond donors (Lipinski definition) is 2. The minimum Gasteiger partial charge on any atom is -0.461 e. The van der Waals surface area contributed by atoms with E-state index in [-0.39, 0.29) is 27.9 Å². The molecule has 156 valence electrons. The number of sulfonamides is 1. The maximum atomic E-state index is 12.4. The highest BCUT2D eigenvalue weighted by atomic mass is 35.5. The second-order valence-electron chi connectivity index (χ2n) is 5.85. The molecular weight excluding hydrogens is 450 g/mol. The van der Waals surface area contributed by atoms with Crippen LogP contribution >= 0.6 is 22.9 Å². The molecule has 0 bridgehead atoms. The van der Waals surface area contributed by atoms with Gasteiger partial charge in [-0.2, -0.15) is 0 Å². The molecule has 0 aliphatic heterocycles. The molecule has 0 radical (unpaired) electrons. The molecule has 30 heavy (non-hydrogen) atoms. The molecule has 2 N–H and O–H groups in total. The molecule has 1 heterocycles. The summed E-state index contributed by atoms with van der Waals surface area (Å²) >= 11 is 6.87. The van der Waals surface area contributed by atoms with E-state index in [1.807, 2.05) is 0 Å². The average molecular weight is 466 g/mol. The molecule has 0 atom stereocenters. The minimum absolute atomic E-state index is 0.0647. The fraction of sp³-hybridized carbons (Fsp3) is 0.105. The van der Waals surface area contributed by atoms with E-state index in [1.54, 1.807) is 6.92 Å². The van der Waals surface area contributed by atoms with Gasteiger partial charge >= 0.3 is 5.97 Å². The van der Waals surface area contributed by atoms with Gasteiger partial charge in [-0.3, -0.25) is 14.8 Å². The summed E-state index contributed by atoms with van der Waals surface area (Å²) in [4.78, 5) is 28.1. The summed E-state index contributed by atoms with van der Waals surface area (Å²) < 4.78 is 32.1. The molecule has 0 saturated heterocycles. The zero-order valence-electron chi connectivity index (χ0n) is 15.6. The number of thiazole rings is 1. The van der Waals surface area contributed by atoms with E-state index >= 15 is 0 Å². The lowest BCUT2D eigenvalue weighted by Crippen LogP contribution is -2.14. The van der Waals surface area contributed by atoms with Gasteiger partial charge in [-0.15, -0.1) is 11.3 Å². The van der Waals surface area contributed by atoms with E-state index in [1.165, 1.54) is 53.9 Å². The van der Waals surface area contributed by atoms with Crippen LogP contribution in [0.3, 0.4) is 0 Å². The van der Waals surface area contributed by atoms with Gasteiger partial charge in [0.15, 0.2) is 10.8 Å². The molecule has 1 amide bonds. The van der Waals surface area contributed by atoms with Crippen molar-refractivity contribution in [1.82, 2.24) is 4.98 Å². The molecule has 0 aliphatic rings. The normalized spacial score (nSPS) is 11.0. The standard InChI is InChI=1S/C19H16ClN3O5S2/c1-2-28-18(25)16-11-29-19(21-16)22-17(24)12-3-7-14(8-4-12)23-30(26,27)15-9-5-13(20)6-10-15/h3-11,23H,2H2,1H3,(H,21,22,24). The number of ether oxygens (including phenoxy) is 1. The van der Waals surface area contributed by atoms with Crippen LogP contribution in [0.15, 0.2) is 58.8 Å². The highest BCUT2D eigenvalue weighted by molar-refractivity contribution is 7.92. The average Bonchev–Trinajstić information content (AvgIpc) is 3.17. The maximum absolute atomic E-state index is 12.4. The van der Waals surface area contributed by atoms with Crippen molar-refractivity contribution in [2.75, 3.05) is 16.6 Å². The summed E-state index contributed by atoms with van der Waals surface area (Å²) in [6.07, 6.45) is 0. The maximum Gasteiger partial charge on any atom is 0.357 e. The number of aromatic nitrogens is 1. The van der Waals surface area contributed by atoms with Crippen LogP contribution in [0.1, 0.15) is 27.8 Å². The molecule has 0 saturated carbocycles. The van der Waals surface area contributed by atoms with E-state index in [0.717, 1.165) is 11.3 Å². The Kier molecular flexibility index (Phi) is 6.70. The predicted octanol–water partition coefficient (Wildman–Crippen LogP) is 4.03. The SMILES string of the molecule is CCOC(=O)c1csc(NC(=O)c2ccc(NS(=O)(=O)c3ccc(Cl)cc3)cc2)n1. The molecule has 3 aromatic rings. The number of hydrogen-bond acceptors (Lipinski definition) is 7. The molecule has 0 spiro atoms. The van der Waals surface area contributed by atoms with Gasteiger partial charge < -0.3 is 4.74 Å². The Hall–Kier alpha value is -2.95. The van der Waals surface area contributed by atoms with E-state index < -0.39 is 21.9 Å². The van der Waals surface area contributed by atoms with E-state index in [4.69, 9.17) is 16.3 Å². The van der Waals surface area contributed by atoms with E-state index in [2.05, 4.69) is 15.0 Å². The minimum atomic E-state index is -3.78. The first kappa shape index (κ1) is 21.8. The second kappa shape index (κ2) is 9.24. The van der Waals surface area contributed by atoms with Gasteiger partial charge in [0, 0.05) is 21.7 Å². The monoisotopic (exact) mass is 465 g/mol. The molecule has 1 aromatic heterocycles. The van der Waals surface area contributed by atoms with Gasteiger partial charge in [0.25, 0.3) is 15.9 Å². The Labute approximate surface area is 181 Å². The summed E-state index contributed by atoms with van der Waals surface area (Å²) in [6.45, 7) is 1.92. The van der Waals surface area contributed by atoms with Crippen LogP contribution < -0.4 is 10.0 Å². The fourth-order valence-corrected chi connectivity index (χ4v) is 4.18. The number of amides is 1. The second-order valence-corrected chi connectivity index (χ2v) is 8.83. The Morgan fingerprint density at radius 2 is 1.77 bits per heavy atom. The van der Waals surface area contributed by atoms with Crippen LogP contribution in [-0.2, 0) is 14.8 Å². The van der Waals surface area contributed by atoms with Gasteiger partial charge in [0.05, 0.1) is 11.5 Å². The summed E-state index contributed by atoms with van der Waals surface area (Å²) in [5.41, 5.74) is 0.696. The Bertz CT molecular complexity index is 1160. The molecule has 0 aliphatic carbocycles. The van der Waals surface area contributed by atoms with E-state index in [0.29, 0.717) is 10.7 Å². The first-order valence-corrected chi connectivity index (χ1v) is 11.3.